The van der Waals surface area contributed by atoms with E-state index in [-0.39, 0.29) is 0 Å². The maximum Gasteiger partial charge on any atom is 0.128 e. The lowest BCUT2D eigenvalue weighted by Crippen LogP contribution is -2.16. The molecule has 0 bridgehead atoms. The highest BCUT2D eigenvalue weighted by Crippen LogP contribution is 2.39. The van der Waals surface area contributed by atoms with Crippen LogP contribution >= 0.6 is 15.9 Å². The summed E-state index contributed by atoms with van der Waals surface area (Å²) >= 11 is 3.32. The molecule has 1 aromatic heterocycles. The maximum atomic E-state index is 13.3. The van der Waals surface area contributed by atoms with Crippen LogP contribution in [0.25, 0.3) is 0 Å². The molecule has 0 amide bonds. The predicted octanol–water partition coefficient (Wildman–Crippen LogP) is 3.07. The van der Waals surface area contributed by atoms with Crippen molar-refractivity contribution in [3.8, 4) is 0 Å². The largest absolute Gasteiger partial charge is 0.381 e. The number of anilines is 1. The molecule has 1 aromatic rings. The minimum atomic E-state index is -0.957. The van der Waals surface area contributed by atoms with Crippen molar-refractivity contribution in [3.63, 3.8) is 0 Å². The SMILES string of the molecule is Cc1cc(NCC2(F)CC2)cnc1Br. The molecule has 1 N–H and O–H groups in total. The standard InChI is InChI=1S/C10H12BrFN2/c1-7-4-8(5-13-9(7)11)14-6-10(12)2-3-10/h4-5,14H,2-3,6H2,1H3. The van der Waals surface area contributed by atoms with Gasteiger partial charge in [0, 0.05) is 6.54 Å². The van der Waals surface area contributed by atoms with Crippen molar-refractivity contribution in [2.24, 2.45) is 0 Å². The Morgan fingerprint density at radius 1 is 1.64 bits per heavy atom. The lowest BCUT2D eigenvalue weighted by Gasteiger charge is -2.09. The van der Waals surface area contributed by atoms with Gasteiger partial charge in [-0.1, -0.05) is 0 Å². The highest BCUT2D eigenvalue weighted by atomic mass is 79.9. The first-order valence-corrected chi connectivity index (χ1v) is 5.43. The lowest BCUT2D eigenvalue weighted by atomic mass is 10.3. The Labute approximate surface area is 91.1 Å². The third kappa shape index (κ3) is 2.23. The van der Waals surface area contributed by atoms with Gasteiger partial charge in [0.05, 0.1) is 11.9 Å². The fourth-order valence-corrected chi connectivity index (χ4v) is 1.44. The predicted molar refractivity (Wildman–Crippen MR) is 58.2 cm³/mol. The van der Waals surface area contributed by atoms with Gasteiger partial charge in [-0.25, -0.2) is 9.37 Å². The van der Waals surface area contributed by atoms with Crippen LogP contribution in [-0.2, 0) is 0 Å². The number of nitrogens with zero attached hydrogens (tertiary/aromatic N) is 1. The molecule has 0 aliphatic heterocycles. The summed E-state index contributed by atoms with van der Waals surface area (Å²) in [5.74, 6) is 0. The number of aryl methyl sites for hydroxylation is 1. The van der Waals surface area contributed by atoms with Crippen LogP contribution in [0, 0.1) is 6.92 Å². The van der Waals surface area contributed by atoms with Crippen molar-refractivity contribution in [2.75, 3.05) is 11.9 Å². The van der Waals surface area contributed by atoms with Gasteiger partial charge in [-0.05, 0) is 47.3 Å². The Morgan fingerprint density at radius 2 is 2.36 bits per heavy atom. The first-order valence-electron chi connectivity index (χ1n) is 4.64. The third-order valence-corrected chi connectivity index (χ3v) is 3.25. The molecule has 76 valence electrons. The molecule has 4 heteroatoms. The van der Waals surface area contributed by atoms with E-state index in [0.717, 1.165) is 15.9 Å². The summed E-state index contributed by atoms with van der Waals surface area (Å²) in [6.45, 7) is 2.36. The molecular formula is C10H12BrFN2. The highest BCUT2D eigenvalue weighted by molar-refractivity contribution is 9.10. The summed E-state index contributed by atoms with van der Waals surface area (Å²) < 4.78 is 14.1. The molecule has 0 unspecified atom stereocenters. The highest BCUT2D eigenvalue weighted by Gasteiger charge is 2.42. The first kappa shape index (κ1) is 9.90. The van der Waals surface area contributed by atoms with E-state index in [1.807, 2.05) is 13.0 Å². The molecule has 0 saturated heterocycles. The zero-order valence-electron chi connectivity index (χ0n) is 7.98. The minimum Gasteiger partial charge on any atom is -0.381 e. The molecule has 1 heterocycles. The molecule has 0 atom stereocenters. The number of hydrogen-bond donors (Lipinski definition) is 1. The topological polar surface area (TPSA) is 24.9 Å². The Bertz CT molecular complexity index is 350. The van der Waals surface area contributed by atoms with Crippen molar-refractivity contribution in [1.82, 2.24) is 4.98 Å². The van der Waals surface area contributed by atoms with Crippen LogP contribution < -0.4 is 5.32 Å². The Hall–Kier alpha value is -0.640. The van der Waals surface area contributed by atoms with E-state index in [9.17, 15) is 4.39 Å². The Balaban J connectivity index is 1.99. The minimum absolute atomic E-state index is 0.399. The summed E-state index contributed by atoms with van der Waals surface area (Å²) in [5, 5.41) is 3.06. The summed E-state index contributed by atoms with van der Waals surface area (Å²) in [6, 6.07) is 1.96. The van der Waals surface area contributed by atoms with E-state index >= 15 is 0 Å². The van der Waals surface area contributed by atoms with Gasteiger partial charge in [0.1, 0.15) is 10.3 Å². The van der Waals surface area contributed by atoms with Gasteiger partial charge in [0.15, 0.2) is 0 Å². The second-order valence-electron chi connectivity index (χ2n) is 3.84. The van der Waals surface area contributed by atoms with E-state index in [0.29, 0.717) is 19.4 Å². The zero-order chi connectivity index (χ0) is 10.2. The molecule has 0 radical (unpaired) electrons. The molecule has 1 aliphatic carbocycles. The molecule has 1 fully saturated rings. The van der Waals surface area contributed by atoms with E-state index < -0.39 is 5.67 Å². The van der Waals surface area contributed by atoms with Crippen LogP contribution in [0.1, 0.15) is 18.4 Å². The fourth-order valence-electron chi connectivity index (χ4n) is 1.23. The van der Waals surface area contributed by atoms with Crippen LogP contribution in [0.15, 0.2) is 16.9 Å². The van der Waals surface area contributed by atoms with E-state index in [2.05, 4.69) is 26.2 Å². The van der Waals surface area contributed by atoms with E-state index in [4.69, 9.17) is 0 Å². The van der Waals surface area contributed by atoms with Crippen LogP contribution in [0.5, 0.6) is 0 Å². The van der Waals surface area contributed by atoms with Gasteiger partial charge in [-0.2, -0.15) is 0 Å². The summed E-state index contributed by atoms with van der Waals surface area (Å²) in [5.41, 5.74) is 0.981. The number of aromatic nitrogens is 1. The zero-order valence-corrected chi connectivity index (χ0v) is 9.57. The van der Waals surface area contributed by atoms with Crippen LogP contribution in [0.3, 0.4) is 0 Å². The van der Waals surface area contributed by atoms with Gasteiger partial charge in [-0.3, -0.25) is 0 Å². The molecule has 1 saturated carbocycles. The van der Waals surface area contributed by atoms with Gasteiger partial charge >= 0.3 is 0 Å². The van der Waals surface area contributed by atoms with Crippen molar-refractivity contribution < 1.29 is 4.39 Å². The average molecular weight is 259 g/mol. The second-order valence-corrected chi connectivity index (χ2v) is 4.59. The van der Waals surface area contributed by atoms with Gasteiger partial charge in [-0.15, -0.1) is 0 Å². The number of hydrogen-bond acceptors (Lipinski definition) is 2. The van der Waals surface area contributed by atoms with Gasteiger partial charge in [0.2, 0.25) is 0 Å². The maximum absolute atomic E-state index is 13.3. The van der Waals surface area contributed by atoms with Crippen LogP contribution in [0.4, 0.5) is 10.1 Å². The number of nitrogens with one attached hydrogen (secondary N) is 1. The van der Waals surface area contributed by atoms with Gasteiger partial charge < -0.3 is 5.32 Å². The lowest BCUT2D eigenvalue weighted by molar-refractivity contribution is 0.326. The molecule has 0 spiro atoms. The van der Waals surface area contributed by atoms with Crippen molar-refractivity contribution in [2.45, 2.75) is 25.4 Å². The molecule has 2 nitrogen and oxygen atoms in total. The first-order chi connectivity index (χ1) is 6.59. The van der Waals surface area contributed by atoms with Gasteiger partial charge in [0.25, 0.3) is 0 Å². The van der Waals surface area contributed by atoms with Crippen molar-refractivity contribution in [3.05, 3.63) is 22.4 Å². The smallest absolute Gasteiger partial charge is 0.128 e. The summed E-state index contributed by atoms with van der Waals surface area (Å²) in [6.07, 6.45) is 3.08. The summed E-state index contributed by atoms with van der Waals surface area (Å²) in [4.78, 5) is 4.13. The van der Waals surface area contributed by atoms with Crippen molar-refractivity contribution in [1.29, 1.82) is 0 Å². The molecule has 14 heavy (non-hydrogen) atoms. The molecule has 1 aliphatic rings. The summed E-state index contributed by atoms with van der Waals surface area (Å²) in [7, 11) is 0. The number of halogens is 2. The van der Waals surface area contributed by atoms with E-state index in [1.165, 1.54) is 0 Å². The third-order valence-electron chi connectivity index (χ3n) is 2.42. The fraction of sp³-hybridized carbons (Fsp3) is 0.500. The number of rotatable bonds is 3. The Morgan fingerprint density at radius 3 is 2.93 bits per heavy atom. The van der Waals surface area contributed by atoms with Crippen LogP contribution in [0.2, 0.25) is 0 Å². The van der Waals surface area contributed by atoms with Crippen LogP contribution in [-0.4, -0.2) is 17.2 Å². The quantitative estimate of drug-likeness (QED) is 0.844. The Kier molecular flexibility index (Phi) is 2.47. The normalized spacial score (nSPS) is 17.9. The average Bonchev–Trinajstić information content (AvgIpc) is 2.87. The monoisotopic (exact) mass is 258 g/mol. The number of alkyl halides is 1. The molecule has 0 aromatic carbocycles. The number of pyridine rings is 1. The second kappa shape index (κ2) is 3.50. The molecular weight excluding hydrogens is 247 g/mol. The molecule has 2 rings (SSSR count). The van der Waals surface area contributed by atoms with E-state index in [1.54, 1.807) is 6.20 Å². The van der Waals surface area contributed by atoms with Crippen molar-refractivity contribution >= 4 is 21.6 Å².